The number of H-pyrrole nitrogens is 1. The van der Waals surface area contributed by atoms with E-state index in [2.05, 4.69) is 48.8 Å². The minimum Gasteiger partial charge on any atom is -0.357 e. The largest absolute Gasteiger partial charge is 0.357 e. The Hall–Kier alpha value is -2.24. The van der Waals surface area contributed by atoms with E-state index < -0.39 is 51.1 Å². The lowest BCUT2D eigenvalue weighted by atomic mass is 9.83. The summed E-state index contributed by atoms with van der Waals surface area (Å²) in [5.74, 6) is -2.94. The quantitative estimate of drug-likeness (QED) is 0.116. The van der Waals surface area contributed by atoms with Gasteiger partial charge in [-0.1, -0.05) is 77.3 Å². The van der Waals surface area contributed by atoms with Crippen molar-refractivity contribution in [1.29, 1.82) is 0 Å². The third kappa shape index (κ3) is 8.91. The Labute approximate surface area is 309 Å². The Morgan fingerprint density at radius 1 is 0.938 bits per heavy atom. The number of halogens is 2. The highest BCUT2D eigenvalue weighted by Gasteiger charge is 2.51. The van der Waals surface area contributed by atoms with Crippen LogP contribution in [-0.4, -0.2) is 89.3 Å². The number of carbonyl (C=O) groups is 6. The van der Waals surface area contributed by atoms with Crippen molar-refractivity contribution in [2.75, 3.05) is 4.43 Å². The van der Waals surface area contributed by atoms with Gasteiger partial charge in [0.2, 0.25) is 23.5 Å². The van der Waals surface area contributed by atoms with E-state index in [1.165, 1.54) is 0 Å². The Kier molecular flexibility index (Phi) is 12.5. The van der Waals surface area contributed by atoms with E-state index in [0.29, 0.717) is 12.1 Å². The van der Waals surface area contributed by atoms with Crippen LogP contribution in [0.3, 0.4) is 0 Å². The van der Waals surface area contributed by atoms with Gasteiger partial charge in [0.25, 0.3) is 11.8 Å². The molecule has 14 heteroatoms. The van der Waals surface area contributed by atoms with Gasteiger partial charge in [-0.3, -0.25) is 28.8 Å². The number of rotatable bonds is 13. The van der Waals surface area contributed by atoms with Crippen LogP contribution in [0.5, 0.6) is 0 Å². The number of aromatic amines is 1. The van der Waals surface area contributed by atoms with E-state index in [-0.39, 0.29) is 40.2 Å². The number of nitrogens with one attached hydrogen (secondary N) is 5. The van der Waals surface area contributed by atoms with Gasteiger partial charge in [0.15, 0.2) is 0 Å². The molecule has 5 rings (SSSR count). The predicted molar refractivity (Wildman–Crippen MR) is 197 cm³/mol. The first-order chi connectivity index (χ1) is 22.9. The molecule has 4 aliphatic rings. The van der Waals surface area contributed by atoms with Crippen LogP contribution in [0.2, 0.25) is 0 Å². The number of aromatic nitrogens is 1. The maximum atomic E-state index is 14.7. The Morgan fingerprint density at radius 2 is 1.62 bits per heavy atom. The highest BCUT2D eigenvalue weighted by molar-refractivity contribution is 14.1. The van der Waals surface area contributed by atoms with Gasteiger partial charge < -0.3 is 31.2 Å². The number of amides is 5. The fourth-order valence-electron chi connectivity index (χ4n) is 7.56. The molecule has 12 nitrogen and oxygen atoms in total. The highest BCUT2D eigenvalue weighted by atomic mass is 127. The lowest BCUT2D eigenvalue weighted by molar-refractivity contribution is -0.145. The third-order valence-electron chi connectivity index (χ3n) is 10.3. The van der Waals surface area contributed by atoms with Crippen LogP contribution in [0.15, 0.2) is 18.3 Å². The number of alkyl halides is 2. The minimum absolute atomic E-state index is 0.0151. The average Bonchev–Trinajstić information content (AvgIpc) is 3.54. The summed E-state index contributed by atoms with van der Waals surface area (Å²) in [6.45, 7) is 3.74. The molecule has 5 amide bonds. The molecule has 0 aromatic carbocycles. The summed E-state index contributed by atoms with van der Waals surface area (Å²) in [5.41, 5.74) is 0.355. The molecule has 1 aromatic rings. The van der Waals surface area contributed by atoms with Gasteiger partial charge in [-0.15, -0.1) is 0 Å². The van der Waals surface area contributed by atoms with E-state index in [9.17, 15) is 28.8 Å². The molecular weight excluding hydrogens is 842 g/mol. The monoisotopic (exact) mass is 890 g/mol. The van der Waals surface area contributed by atoms with Crippen molar-refractivity contribution in [2.45, 2.75) is 131 Å². The van der Waals surface area contributed by atoms with Crippen LogP contribution >= 0.6 is 45.2 Å². The molecule has 1 aliphatic heterocycles. The molecule has 264 valence electrons. The number of nitrogens with zero attached hydrogens (tertiary/aromatic N) is 1. The second-order valence-corrected chi connectivity index (χ2v) is 18.0. The molecule has 1 aromatic heterocycles. The van der Waals surface area contributed by atoms with Gasteiger partial charge in [0, 0.05) is 26.1 Å². The zero-order valence-electron chi connectivity index (χ0n) is 27.7. The zero-order chi connectivity index (χ0) is 34.6. The SMILES string of the molecule is CC(C)(I)[C@H](NC(=O)C(NC(=O)c1ccc[nH]1)C1CCCCC1)C(=O)N1C2CCCCC2C[C@H]1C(=O)N[C@@H](CI)C(=O)C(=O)NC1CC1. The Balaban J connectivity index is 1.37. The van der Waals surface area contributed by atoms with Crippen molar-refractivity contribution in [2.24, 2.45) is 11.8 Å². The maximum absolute atomic E-state index is 14.7. The van der Waals surface area contributed by atoms with Crippen molar-refractivity contribution in [3.8, 4) is 0 Å². The summed E-state index contributed by atoms with van der Waals surface area (Å²) in [4.78, 5) is 86.0. The molecule has 0 bridgehead atoms. The molecule has 3 unspecified atom stereocenters. The topological polar surface area (TPSA) is 170 Å². The van der Waals surface area contributed by atoms with Gasteiger partial charge in [-0.25, -0.2) is 0 Å². The molecule has 3 saturated carbocycles. The summed E-state index contributed by atoms with van der Waals surface area (Å²) >= 11 is 4.16. The maximum Gasteiger partial charge on any atom is 0.289 e. The lowest BCUT2D eigenvalue weighted by Crippen LogP contribution is -2.64. The number of carbonyl (C=O) groups excluding carboxylic acids is 6. The summed E-state index contributed by atoms with van der Waals surface area (Å²) in [6, 6.07) is -0.438. The van der Waals surface area contributed by atoms with Crippen LogP contribution in [0.25, 0.3) is 0 Å². The van der Waals surface area contributed by atoms with Gasteiger partial charge >= 0.3 is 0 Å². The number of Topliss-reactive ketones (excluding diaryl/α,β-unsaturated/α-hetero) is 1. The van der Waals surface area contributed by atoms with E-state index in [4.69, 9.17) is 0 Å². The van der Waals surface area contributed by atoms with Crippen LogP contribution in [0.4, 0.5) is 0 Å². The fraction of sp³-hybridized carbons (Fsp3) is 0.706. The molecule has 6 atom stereocenters. The number of hydrogen-bond donors (Lipinski definition) is 5. The van der Waals surface area contributed by atoms with Crippen LogP contribution in [0, 0.1) is 11.8 Å². The molecule has 3 aliphatic carbocycles. The fourth-order valence-corrected chi connectivity index (χ4v) is 8.60. The van der Waals surface area contributed by atoms with Crippen LogP contribution < -0.4 is 21.3 Å². The summed E-state index contributed by atoms with van der Waals surface area (Å²) in [5, 5.41) is 11.5. The second-order valence-electron chi connectivity index (χ2n) is 14.4. The van der Waals surface area contributed by atoms with E-state index in [1.807, 2.05) is 36.4 Å². The van der Waals surface area contributed by atoms with Gasteiger partial charge in [-0.05, 0) is 82.8 Å². The van der Waals surface area contributed by atoms with Crippen molar-refractivity contribution in [3.63, 3.8) is 0 Å². The van der Waals surface area contributed by atoms with Gasteiger partial charge in [-0.2, -0.15) is 0 Å². The summed E-state index contributed by atoms with van der Waals surface area (Å²) in [6.07, 6.45) is 11.9. The Bertz CT molecular complexity index is 1360. The Morgan fingerprint density at radius 3 is 2.25 bits per heavy atom. The first kappa shape index (κ1) is 37.0. The number of likely N-dealkylation sites (tertiary alicyclic amines) is 1. The first-order valence-corrected chi connectivity index (χ1v) is 20.0. The average molecular weight is 891 g/mol. The normalized spacial score (nSPS) is 24.8. The van der Waals surface area contributed by atoms with Crippen molar-refractivity contribution in [1.82, 2.24) is 31.2 Å². The van der Waals surface area contributed by atoms with E-state index in [1.54, 1.807) is 23.2 Å². The molecule has 5 N–H and O–H groups in total. The van der Waals surface area contributed by atoms with E-state index in [0.717, 1.165) is 70.6 Å². The summed E-state index contributed by atoms with van der Waals surface area (Å²) in [7, 11) is 0. The number of hydrogen-bond acceptors (Lipinski definition) is 6. The zero-order valence-corrected chi connectivity index (χ0v) is 32.0. The molecule has 0 radical (unpaired) electrons. The predicted octanol–water partition coefficient (Wildman–Crippen LogP) is 3.32. The van der Waals surface area contributed by atoms with Crippen LogP contribution in [-0.2, 0) is 24.0 Å². The molecular formula is C34H48I2N6O6. The molecule has 2 heterocycles. The van der Waals surface area contributed by atoms with Crippen LogP contribution in [0.1, 0.15) is 101 Å². The molecule has 0 spiro atoms. The van der Waals surface area contributed by atoms with Crippen molar-refractivity contribution < 1.29 is 28.8 Å². The standard InChI is InChI=1S/C34H48I2N6O6/c1-34(2,36)28(41-31(46)26(19-9-4-3-5-10-19)40-29(44)22-12-8-16-37-22)33(48)42-24-13-7-6-11-20(24)17-25(42)30(45)39-23(18-35)27(43)32(47)38-21-14-15-21/h8,12,16,19-21,23-26,28,37H,3-7,9-11,13-15,17-18H2,1-2H3,(H,38,47)(H,39,45)(H,40,44)(H,41,46)/t20?,23-,24?,25-,26?,28+/m0/s1. The highest BCUT2D eigenvalue weighted by Crippen LogP contribution is 2.41. The second kappa shape index (κ2) is 16.2. The first-order valence-electron chi connectivity index (χ1n) is 17.4. The van der Waals surface area contributed by atoms with Crippen molar-refractivity contribution >= 4 is 80.5 Å². The number of ketones is 1. The minimum atomic E-state index is -1.01. The lowest BCUT2D eigenvalue weighted by Gasteiger charge is -2.40. The number of fused-ring (bicyclic) bond motifs is 1. The van der Waals surface area contributed by atoms with Gasteiger partial charge in [0.05, 0.1) is 0 Å². The van der Waals surface area contributed by atoms with E-state index >= 15 is 0 Å². The summed E-state index contributed by atoms with van der Waals surface area (Å²) < 4.78 is -0.537. The molecule has 1 saturated heterocycles. The van der Waals surface area contributed by atoms with Gasteiger partial charge in [0.1, 0.15) is 29.9 Å². The molecule has 48 heavy (non-hydrogen) atoms. The smallest absolute Gasteiger partial charge is 0.289 e. The third-order valence-corrected chi connectivity index (χ3v) is 11.8. The van der Waals surface area contributed by atoms with Crippen molar-refractivity contribution in [3.05, 3.63) is 24.0 Å². The molecule has 4 fully saturated rings.